The zero-order valence-electron chi connectivity index (χ0n) is 7.68. The Labute approximate surface area is 86.7 Å². The summed E-state index contributed by atoms with van der Waals surface area (Å²) < 4.78 is 0. The lowest BCUT2D eigenvalue weighted by Gasteiger charge is -1.97. The predicted octanol–water partition coefficient (Wildman–Crippen LogP) is 0.463. The molecule has 2 rings (SSSR count). The van der Waals surface area contributed by atoms with Crippen molar-refractivity contribution in [1.29, 1.82) is 0 Å². The number of nitrogens with zero attached hydrogens (tertiary/aromatic N) is 1. The van der Waals surface area contributed by atoms with Crippen LogP contribution >= 0.6 is 0 Å². The lowest BCUT2D eigenvalue weighted by atomic mass is 10.1. The first kappa shape index (κ1) is 9.90. The van der Waals surface area contributed by atoms with E-state index in [1.165, 1.54) is 0 Å². The summed E-state index contributed by atoms with van der Waals surface area (Å²) in [6.07, 6.45) is 0. The Bertz CT molecular complexity index is 599. The maximum atomic E-state index is 10.9. The Balaban J connectivity index is 2.85. The van der Waals surface area contributed by atoms with Crippen molar-refractivity contribution in [3.8, 4) is 0 Å². The number of nitro groups is 1. The van der Waals surface area contributed by atoms with Crippen LogP contribution in [0.5, 0.6) is 0 Å². The number of benzene rings is 1. The molecule has 0 spiro atoms. The van der Waals surface area contributed by atoms with Crippen molar-refractivity contribution in [2.75, 3.05) is 0 Å². The van der Waals surface area contributed by atoms with E-state index in [0.29, 0.717) is 0 Å². The summed E-state index contributed by atoms with van der Waals surface area (Å²) in [4.78, 5) is 36.1. The number of aromatic carboxylic acids is 1. The average Bonchev–Trinajstić information content (AvgIpc) is 2.54. The van der Waals surface area contributed by atoms with E-state index in [0.717, 1.165) is 12.1 Å². The number of imidazole rings is 1. The molecule has 8 nitrogen and oxygen atoms in total. The number of hydrogen-bond donors (Lipinski definition) is 3. The number of nitro benzene ring substituents is 1. The molecule has 0 unspecified atom stereocenters. The van der Waals surface area contributed by atoms with Crippen LogP contribution in [0.25, 0.3) is 11.0 Å². The predicted molar refractivity (Wildman–Crippen MR) is 52.5 cm³/mol. The van der Waals surface area contributed by atoms with Gasteiger partial charge in [-0.05, 0) is 6.07 Å². The van der Waals surface area contributed by atoms with Crippen LogP contribution in [0.4, 0.5) is 5.69 Å². The summed E-state index contributed by atoms with van der Waals surface area (Å²) in [5.74, 6) is -1.42. The number of fused-ring (bicyclic) bond motifs is 1. The third-order valence-electron chi connectivity index (χ3n) is 2.06. The highest BCUT2D eigenvalue weighted by atomic mass is 16.6. The standard InChI is InChI=1S/C8H5N3O5/c12-7(13)3-1-4-5(10-8(14)9-4)2-6(3)11(15)16/h1-2H,(H,12,13)(H2,9,10,14). The lowest BCUT2D eigenvalue weighted by molar-refractivity contribution is -0.385. The van der Waals surface area contributed by atoms with E-state index in [-0.39, 0.29) is 11.0 Å². The number of nitrogens with one attached hydrogen (secondary N) is 2. The summed E-state index contributed by atoms with van der Waals surface area (Å²) in [6.45, 7) is 0. The van der Waals surface area contributed by atoms with Gasteiger partial charge in [0, 0.05) is 6.07 Å². The summed E-state index contributed by atoms with van der Waals surface area (Å²) in [5, 5.41) is 19.4. The van der Waals surface area contributed by atoms with Crippen LogP contribution in [0, 0.1) is 10.1 Å². The van der Waals surface area contributed by atoms with Gasteiger partial charge >= 0.3 is 11.7 Å². The van der Waals surface area contributed by atoms with E-state index in [1.807, 2.05) is 0 Å². The van der Waals surface area contributed by atoms with E-state index < -0.39 is 27.8 Å². The molecular weight excluding hydrogens is 218 g/mol. The number of carboxylic acid groups (broad SMARTS) is 1. The third-order valence-corrected chi connectivity index (χ3v) is 2.06. The smallest absolute Gasteiger partial charge is 0.342 e. The van der Waals surface area contributed by atoms with Gasteiger partial charge in [-0.3, -0.25) is 10.1 Å². The van der Waals surface area contributed by atoms with Crippen molar-refractivity contribution in [2.45, 2.75) is 0 Å². The largest absolute Gasteiger partial charge is 0.477 e. The molecule has 0 aliphatic heterocycles. The molecule has 8 heteroatoms. The van der Waals surface area contributed by atoms with Crippen LogP contribution in [0.15, 0.2) is 16.9 Å². The quantitative estimate of drug-likeness (QED) is 0.503. The molecule has 2 aromatic rings. The van der Waals surface area contributed by atoms with Crippen LogP contribution < -0.4 is 5.69 Å². The maximum absolute atomic E-state index is 10.9. The molecule has 1 heterocycles. The highest BCUT2D eigenvalue weighted by Crippen LogP contribution is 2.23. The minimum Gasteiger partial charge on any atom is -0.477 e. The lowest BCUT2D eigenvalue weighted by Crippen LogP contribution is -2.02. The minimum atomic E-state index is -1.42. The first-order valence-electron chi connectivity index (χ1n) is 4.13. The highest BCUT2D eigenvalue weighted by Gasteiger charge is 2.21. The second-order valence-electron chi connectivity index (χ2n) is 3.06. The van der Waals surface area contributed by atoms with Crippen LogP contribution in [0.2, 0.25) is 0 Å². The second kappa shape index (κ2) is 3.19. The van der Waals surface area contributed by atoms with Crippen molar-refractivity contribution in [2.24, 2.45) is 0 Å². The number of aromatic nitrogens is 2. The van der Waals surface area contributed by atoms with E-state index in [1.54, 1.807) is 0 Å². The zero-order chi connectivity index (χ0) is 11.9. The zero-order valence-corrected chi connectivity index (χ0v) is 7.68. The van der Waals surface area contributed by atoms with Gasteiger partial charge in [-0.1, -0.05) is 0 Å². The Morgan fingerprint density at radius 1 is 1.31 bits per heavy atom. The fourth-order valence-corrected chi connectivity index (χ4v) is 1.39. The molecule has 0 amide bonds. The Morgan fingerprint density at radius 2 is 1.88 bits per heavy atom. The summed E-state index contributed by atoms with van der Waals surface area (Å²) in [7, 11) is 0. The molecule has 1 aromatic heterocycles. The minimum absolute atomic E-state index is 0.196. The van der Waals surface area contributed by atoms with Gasteiger partial charge in [0.1, 0.15) is 5.56 Å². The molecule has 1 aromatic carbocycles. The maximum Gasteiger partial charge on any atom is 0.342 e. The molecule has 0 fully saturated rings. The molecule has 82 valence electrons. The number of H-pyrrole nitrogens is 2. The Kier molecular flexibility index (Phi) is 1.97. The fourth-order valence-electron chi connectivity index (χ4n) is 1.39. The van der Waals surface area contributed by atoms with Gasteiger partial charge in [0.25, 0.3) is 5.69 Å². The van der Waals surface area contributed by atoms with Gasteiger partial charge in [0.05, 0.1) is 16.0 Å². The summed E-state index contributed by atoms with van der Waals surface area (Å²) >= 11 is 0. The molecule has 0 aliphatic rings. The van der Waals surface area contributed by atoms with Gasteiger partial charge in [-0.2, -0.15) is 0 Å². The molecule has 0 atom stereocenters. The van der Waals surface area contributed by atoms with Crippen LogP contribution in [-0.4, -0.2) is 26.0 Å². The fraction of sp³-hybridized carbons (Fsp3) is 0. The number of aromatic amines is 2. The van der Waals surface area contributed by atoms with Crippen LogP contribution in [0.1, 0.15) is 10.4 Å². The summed E-state index contributed by atoms with van der Waals surface area (Å²) in [6, 6.07) is 2.06. The van der Waals surface area contributed by atoms with Crippen molar-refractivity contribution >= 4 is 22.7 Å². The van der Waals surface area contributed by atoms with E-state index in [9.17, 15) is 19.7 Å². The molecule has 16 heavy (non-hydrogen) atoms. The van der Waals surface area contributed by atoms with E-state index in [2.05, 4.69) is 9.97 Å². The van der Waals surface area contributed by atoms with Gasteiger partial charge < -0.3 is 15.1 Å². The first-order valence-corrected chi connectivity index (χ1v) is 4.13. The van der Waals surface area contributed by atoms with Crippen molar-refractivity contribution < 1.29 is 14.8 Å². The monoisotopic (exact) mass is 223 g/mol. The van der Waals surface area contributed by atoms with Gasteiger partial charge in [-0.25, -0.2) is 9.59 Å². The Morgan fingerprint density at radius 3 is 2.38 bits per heavy atom. The van der Waals surface area contributed by atoms with Crippen molar-refractivity contribution in [1.82, 2.24) is 9.97 Å². The van der Waals surface area contributed by atoms with Crippen molar-refractivity contribution in [3.05, 3.63) is 38.3 Å². The van der Waals surface area contributed by atoms with E-state index >= 15 is 0 Å². The topological polar surface area (TPSA) is 129 Å². The Hall–Kier alpha value is -2.64. The van der Waals surface area contributed by atoms with E-state index in [4.69, 9.17) is 5.11 Å². The van der Waals surface area contributed by atoms with Crippen molar-refractivity contribution in [3.63, 3.8) is 0 Å². The first-order chi connectivity index (χ1) is 7.49. The van der Waals surface area contributed by atoms with Crippen LogP contribution in [-0.2, 0) is 0 Å². The normalized spacial score (nSPS) is 10.5. The van der Waals surface area contributed by atoms with Gasteiger partial charge in [-0.15, -0.1) is 0 Å². The number of rotatable bonds is 2. The van der Waals surface area contributed by atoms with Gasteiger partial charge in [0.15, 0.2) is 0 Å². The average molecular weight is 223 g/mol. The third kappa shape index (κ3) is 1.41. The van der Waals surface area contributed by atoms with Gasteiger partial charge in [0.2, 0.25) is 0 Å². The second-order valence-corrected chi connectivity index (χ2v) is 3.06. The highest BCUT2D eigenvalue weighted by molar-refractivity contribution is 5.97. The number of hydrogen-bond acceptors (Lipinski definition) is 4. The molecule has 0 radical (unpaired) electrons. The summed E-state index contributed by atoms with van der Waals surface area (Å²) in [5.41, 5.74) is -1.16. The molecule has 0 aliphatic carbocycles. The van der Waals surface area contributed by atoms with Crippen LogP contribution in [0.3, 0.4) is 0 Å². The number of carbonyl (C=O) groups is 1. The SMILES string of the molecule is O=C(O)c1cc2[nH]c(=O)[nH]c2cc1[N+](=O)[O-]. The molecule has 0 saturated carbocycles. The molecular formula is C8H5N3O5. The number of carboxylic acids is 1. The molecule has 0 saturated heterocycles. The molecule has 3 N–H and O–H groups in total. The molecule has 0 bridgehead atoms.